The third-order valence-electron chi connectivity index (χ3n) is 17.1. The summed E-state index contributed by atoms with van der Waals surface area (Å²) in [6.45, 7) is 0. The van der Waals surface area contributed by atoms with Crippen molar-refractivity contribution in [1.29, 1.82) is 0 Å². The summed E-state index contributed by atoms with van der Waals surface area (Å²) in [5.41, 5.74) is 17.7. The number of hydrogen-bond acceptors (Lipinski definition) is 5. The van der Waals surface area contributed by atoms with E-state index >= 15 is 0 Å². The maximum absolute atomic E-state index is 5.92. The van der Waals surface area contributed by atoms with Gasteiger partial charge in [0.2, 0.25) is 5.95 Å². The molecule has 414 valence electrons. The Bertz CT molecular complexity index is 5370. The average molecular weight is 1130 g/mol. The average Bonchev–Trinajstić information content (AvgIpc) is 1.99. The Morgan fingerprint density at radius 2 is 0.534 bits per heavy atom. The third kappa shape index (κ3) is 8.37. The van der Waals surface area contributed by atoms with Crippen LogP contribution in [-0.4, -0.2) is 23.7 Å². The number of nitrogens with zero attached hydrogens (tertiary/aromatic N) is 8. The summed E-state index contributed by atoms with van der Waals surface area (Å²) in [5, 5.41) is 7.71. The van der Waals surface area contributed by atoms with E-state index < -0.39 is 0 Å². The Hall–Kier alpha value is -12.0. The lowest BCUT2D eigenvalue weighted by Crippen LogP contribution is -2.11. The molecule has 88 heavy (non-hydrogen) atoms. The number of fused-ring (bicyclic) bond motifs is 10. The van der Waals surface area contributed by atoms with Crippen LogP contribution in [0.25, 0.3) is 93.8 Å². The molecule has 0 aliphatic heterocycles. The molecule has 0 radical (unpaired) electrons. The fraction of sp³-hybridized carbons (Fsp3) is 0. The van der Waals surface area contributed by atoms with Crippen molar-refractivity contribution in [1.82, 2.24) is 23.7 Å². The van der Waals surface area contributed by atoms with Crippen molar-refractivity contribution >= 4 is 128 Å². The minimum absolute atomic E-state index is 0.568. The molecule has 0 spiro atoms. The molecule has 8 heteroatoms. The maximum Gasteiger partial charge on any atom is 0.237 e. The zero-order valence-electron chi connectivity index (χ0n) is 47.8. The van der Waals surface area contributed by atoms with Crippen molar-refractivity contribution in [2.75, 3.05) is 14.7 Å². The fourth-order valence-electron chi connectivity index (χ4n) is 13.3. The summed E-state index contributed by atoms with van der Waals surface area (Å²) >= 11 is 0. The summed E-state index contributed by atoms with van der Waals surface area (Å²) in [6, 6.07) is 117. The van der Waals surface area contributed by atoms with Crippen molar-refractivity contribution < 1.29 is 0 Å². The van der Waals surface area contributed by atoms with E-state index in [9.17, 15) is 0 Å². The van der Waals surface area contributed by atoms with Gasteiger partial charge in [-0.1, -0.05) is 170 Å². The predicted molar refractivity (Wildman–Crippen MR) is 367 cm³/mol. The molecule has 0 atom stereocenters. The van der Waals surface area contributed by atoms with E-state index in [1.807, 2.05) is 0 Å². The van der Waals surface area contributed by atoms with Gasteiger partial charge >= 0.3 is 0 Å². The lowest BCUT2D eigenvalue weighted by atomic mass is 10.1. The summed E-state index contributed by atoms with van der Waals surface area (Å²) in [5.74, 6) is 1.33. The summed E-state index contributed by atoms with van der Waals surface area (Å²) in [7, 11) is 0. The van der Waals surface area contributed by atoms with Crippen LogP contribution >= 0.6 is 0 Å². The van der Waals surface area contributed by atoms with Gasteiger partial charge < -0.3 is 19.3 Å². The van der Waals surface area contributed by atoms with Crippen LogP contribution in [0.2, 0.25) is 0 Å². The van der Waals surface area contributed by atoms with Crippen molar-refractivity contribution in [3.63, 3.8) is 0 Å². The second-order valence-corrected chi connectivity index (χ2v) is 22.2. The number of rotatable bonds is 12. The molecule has 4 aromatic heterocycles. The van der Waals surface area contributed by atoms with Crippen LogP contribution in [0.3, 0.4) is 0 Å². The normalized spacial score (nSPS) is 11.6. The lowest BCUT2D eigenvalue weighted by Gasteiger charge is -2.26. The zero-order valence-corrected chi connectivity index (χ0v) is 47.8. The molecule has 0 N–H and O–H groups in total. The monoisotopic (exact) mass is 1130 g/mol. The summed E-state index contributed by atoms with van der Waals surface area (Å²) in [6.07, 6.45) is 0. The molecular weight excluding hydrogens is 1070 g/mol. The molecule has 8 nitrogen and oxygen atoms in total. The highest BCUT2D eigenvalue weighted by Gasteiger charge is 2.25. The Labute approximate surface area is 508 Å². The number of aromatic nitrogens is 5. The molecule has 17 rings (SSSR count). The number of hydrogen-bond donors (Lipinski definition) is 0. The van der Waals surface area contributed by atoms with E-state index in [-0.39, 0.29) is 0 Å². The molecule has 0 unspecified atom stereocenters. The lowest BCUT2D eigenvalue weighted by molar-refractivity contribution is 0.972. The quantitative estimate of drug-likeness (QED) is 0.122. The van der Waals surface area contributed by atoms with E-state index in [4.69, 9.17) is 9.97 Å². The molecular formula is C80H54N8. The minimum atomic E-state index is 0.568. The molecule has 0 bridgehead atoms. The van der Waals surface area contributed by atoms with Crippen molar-refractivity contribution in [3.05, 3.63) is 328 Å². The van der Waals surface area contributed by atoms with E-state index in [1.54, 1.807) is 0 Å². The van der Waals surface area contributed by atoms with Crippen LogP contribution in [0, 0.1) is 0 Å². The summed E-state index contributed by atoms with van der Waals surface area (Å²) in [4.78, 5) is 18.6. The second kappa shape index (κ2) is 21.0. The highest BCUT2D eigenvalue weighted by atomic mass is 15.2. The van der Waals surface area contributed by atoms with Crippen LogP contribution < -0.4 is 14.7 Å². The first kappa shape index (κ1) is 50.5. The third-order valence-corrected chi connectivity index (χ3v) is 17.1. The smallest absolute Gasteiger partial charge is 0.237 e. The fourth-order valence-corrected chi connectivity index (χ4v) is 13.3. The standard InChI is InChI=1S/C80H54N8/c1-7-25-55(26-8-1)83(56-27-9-2-10-28-56)62-45-49-76-69(51-62)66-38-20-23-41-74(66)87(76)79-71-53-61(85(59-33-15-5-16-34-59)64-43-47-68-65-37-19-22-40-73(65)86(78(68)54-64)60-35-17-6-18-36-60)44-48-72(71)81-80(82-79)88-75-42-24-21-39-67(75)70-52-63(46-50-77(70)88)84(57-29-11-3-12-30-57)58-31-13-4-14-32-58/h1-54H. The molecule has 0 saturated carbocycles. The predicted octanol–water partition coefficient (Wildman–Crippen LogP) is 21.3. The van der Waals surface area contributed by atoms with E-state index in [0.29, 0.717) is 5.95 Å². The van der Waals surface area contributed by atoms with Gasteiger partial charge in [-0.05, 0) is 158 Å². The number of anilines is 9. The molecule has 0 aliphatic carbocycles. The summed E-state index contributed by atoms with van der Waals surface area (Å²) < 4.78 is 7.00. The second-order valence-electron chi connectivity index (χ2n) is 22.2. The van der Waals surface area contributed by atoms with Gasteiger partial charge in [0.1, 0.15) is 0 Å². The first-order valence-corrected chi connectivity index (χ1v) is 29.8. The molecule has 13 aromatic carbocycles. The maximum atomic E-state index is 5.92. The van der Waals surface area contributed by atoms with Gasteiger partial charge in [-0.15, -0.1) is 0 Å². The molecule has 17 aromatic rings. The highest BCUT2D eigenvalue weighted by Crippen LogP contribution is 2.45. The van der Waals surface area contributed by atoms with E-state index in [0.717, 1.165) is 128 Å². The zero-order chi connectivity index (χ0) is 58.1. The Kier molecular flexibility index (Phi) is 12.0. The van der Waals surface area contributed by atoms with Gasteiger partial charge in [0.25, 0.3) is 0 Å². The largest absolute Gasteiger partial charge is 0.310 e. The Morgan fingerprint density at radius 3 is 1.02 bits per heavy atom. The van der Waals surface area contributed by atoms with Gasteiger partial charge in [0, 0.05) is 94.6 Å². The van der Waals surface area contributed by atoms with Gasteiger partial charge in [0.05, 0.1) is 38.6 Å². The topological polar surface area (TPSA) is 50.3 Å². The van der Waals surface area contributed by atoms with Crippen molar-refractivity contribution in [3.8, 4) is 17.5 Å². The van der Waals surface area contributed by atoms with Crippen LogP contribution in [0.4, 0.5) is 51.2 Å². The van der Waals surface area contributed by atoms with Crippen LogP contribution in [0.5, 0.6) is 0 Å². The minimum Gasteiger partial charge on any atom is -0.310 e. The molecule has 0 fully saturated rings. The van der Waals surface area contributed by atoms with E-state index in [2.05, 4.69) is 356 Å². The van der Waals surface area contributed by atoms with Crippen molar-refractivity contribution in [2.45, 2.75) is 0 Å². The Morgan fingerprint density at radius 1 is 0.205 bits per heavy atom. The van der Waals surface area contributed by atoms with Gasteiger partial charge in [0.15, 0.2) is 5.82 Å². The molecule has 0 saturated heterocycles. The molecule has 4 heterocycles. The molecule has 0 aliphatic rings. The first-order chi connectivity index (χ1) is 43.7. The van der Waals surface area contributed by atoms with Crippen LogP contribution in [0.1, 0.15) is 0 Å². The SMILES string of the molecule is c1ccc(N(c2ccccc2)c2ccc3c(c2)c2ccccc2n3-c2nc(-n3c4ccccc4c4cc(N(c5ccccc5)c5ccccc5)ccc43)c3cc(N(c4ccccc4)c4ccc5c6ccccc6n(-c6ccccc6)c5c4)ccc3n2)cc1. The number of benzene rings is 13. The Balaban J connectivity index is 0.917. The van der Waals surface area contributed by atoms with Crippen LogP contribution in [-0.2, 0) is 0 Å². The van der Waals surface area contributed by atoms with E-state index in [1.165, 1.54) is 10.8 Å². The van der Waals surface area contributed by atoms with Crippen LogP contribution in [0.15, 0.2) is 328 Å². The van der Waals surface area contributed by atoms with Gasteiger partial charge in [-0.3, -0.25) is 9.13 Å². The number of para-hydroxylation sites is 9. The highest BCUT2D eigenvalue weighted by molar-refractivity contribution is 6.14. The van der Waals surface area contributed by atoms with Gasteiger partial charge in [-0.2, -0.15) is 4.98 Å². The van der Waals surface area contributed by atoms with Gasteiger partial charge in [-0.25, -0.2) is 4.98 Å². The first-order valence-electron chi connectivity index (χ1n) is 29.8. The molecule has 0 amide bonds. The van der Waals surface area contributed by atoms with Crippen molar-refractivity contribution in [2.24, 2.45) is 0 Å².